The number of aliphatic carboxylic acids is 1. The summed E-state index contributed by atoms with van der Waals surface area (Å²) in [6, 6.07) is -0.156. The second kappa shape index (κ2) is 21.8. The van der Waals surface area contributed by atoms with E-state index < -0.39 is 94.5 Å². The van der Waals surface area contributed by atoms with Crippen molar-refractivity contribution < 1.29 is 65.2 Å². The highest BCUT2D eigenvalue weighted by Gasteiger charge is 2.41. The van der Waals surface area contributed by atoms with Crippen LogP contribution in [0, 0.1) is 5.92 Å². The number of nitrogens with two attached hydrogens (primary N) is 1. The average molecular weight is 813 g/mol. The topological polar surface area (TPSA) is 308 Å². The molecule has 2 aliphatic heterocycles. The Morgan fingerprint density at radius 1 is 0.929 bits per heavy atom. The number of hydrogen-bond acceptors (Lipinski definition) is 12. The van der Waals surface area contributed by atoms with Gasteiger partial charge in [-0.25, -0.2) is 8.42 Å². The molecule has 7 amide bonds. The molecular weight excluding hydrogens is 760 g/mol. The van der Waals surface area contributed by atoms with Crippen molar-refractivity contribution >= 4 is 57.7 Å². The van der Waals surface area contributed by atoms with Gasteiger partial charge in [-0.05, 0) is 57.4 Å². The van der Waals surface area contributed by atoms with Gasteiger partial charge in [0.25, 0.3) is 5.69 Å². The number of hydrogen-bond donors (Lipinski definition) is 6. The van der Waals surface area contributed by atoms with Gasteiger partial charge in [0, 0.05) is 31.6 Å². The van der Waals surface area contributed by atoms with Crippen LogP contribution in [0.4, 0.5) is 0 Å². The molecule has 1 aromatic heterocycles. The van der Waals surface area contributed by atoms with Crippen LogP contribution in [0.5, 0.6) is 0 Å². The minimum Gasteiger partial charge on any atom is -0.726 e. The van der Waals surface area contributed by atoms with Crippen molar-refractivity contribution in [3.8, 4) is 0 Å². The number of carbonyl (C=O) groups is 8. The van der Waals surface area contributed by atoms with Crippen LogP contribution in [0.1, 0.15) is 76.2 Å². The highest BCUT2D eigenvalue weighted by Crippen LogP contribution is 2.22. The molecule has 2 fully saturated rings. The maximum absolute atomic E-state index is 13.7. The van der Waals surface area contributed by atoms with Crippen LogP contribution in [-0.2, 0) is 55.2 Å². The van der Waals surface area contributed by atoms with Gasteiger partial charge in [-0.15, -0.1) is 0 Å². The Hall–Kier alpha value is -5.22. The maximum atomic E-state index is 13.7. The summed E-state index contributed by atoms with van der Waals surface area (Å²) in [4.78, 5) is 105. The Bertz CT molecular complexity index is 1720. The average Bonchev–Trinajstić information content (AvgIpc) is 3.82. The summed E-state index contributed by atoms with van der Waals surface area (Å²) in [6.45, 7) is 5.07. The Balaban J connectivity index is 0.00000167. The number of primary amides is 1. The molecule has 0 unspecified atom stereocenters. The molecule has 0 saturated carbocycles. The zero-order valence-electron chi connectivity index (χ0n) is 32.0. The third-order valence-electron chi connectivity index (χ3n) is 8.93. The minimum atomic E-state index is -4.41. The largest absolute Gasteiger partial charge is 0.726 e. The lowest BCUT2D eigenvalue weighted by Gasteiger charge is -2.31. The van der Waals surface area contributed by atoms with Crippen LogP contribution < -0.4 is 31.6 Å². The number of carbonyl (C=O) groups excluding carboxylic acids is 7. The number of nitrogens with zero attached hydrogens (tertiary/aromatic N) is 3. The van der Waals surface area contributed by atoms with Crippen LogP contribution in [0.25, 0.3) is 0 Å². The Morgan fingerprint density at radius 3 is 2.02 bits per heavy atom. The number of rotatable bonds is 17. The molecule has 312 valence electrons. The molecule has 21 nitrogen and oxygen atoms in total. The van der Waals surface area contributed by atoms with E-state index in [1.54, 1.807) is 36.0 Å². The molecule has 0 aliphatic carbocycles. The third kappa shape index (κ3) is 14.8. The number of aromatic nitrogens is 1. The van der Waals surface area contributed by atoms with E-state index in [4.69, 9.17) is 10.8 Å². The van der Waals surface area contributed by atoms with E-state index in [2.05, 4.69) is 25.5 Å². The SMILES string of the molecule is CC(C)C[C@H](NC(=O)[C@H](CCC(N)=O)NC(=O)[C@@H]1CCCN1C(=O)[C@H](C)NC(=O)c1cccc[n+]1C)C(=O)N1CCC[C@H]1C(=O)NCC(=O)O.COS(=O)(=O)[O-]. The number of carboxylic acid groups (broad SMARTS) is 1. The minimum absolute atomic E-state index is 0.0743. The van der Waals surface area contributed by atoms with Gasteiger partial charge in [-0.2, -0.15) is 4.57 Å². The van der Waals surface area contributed by atoms with Crippen LogP contribution in [0.15, 0.2) is 24.4 Å². The van der Waals surface area contributed by atoms with Crippen LogP contribution >= 0.6 is 0 Å². The summed E-state index contributed by atoms with van der Waals surface area (Å²) in [5, 5.41) is 19.2. The second-order valence-electron chi connectivity index (χ2n) is 13.7. The first-order valence-electron chi connectivity index (χ1n) is 17.9. The van der Waals surface area contributed by atoms with Gasteiger partial charge in [-0.1, -0.05) is 13.8 Å². The molecule has 0 bridgehead atoms. The lowest BCUT2D eigenvalue weighted by Crippen LogP contribution is -2.59. The Morgan fingerprint density at radius 2 is 1.50 bits per heavy atom. The van der Waals surface area contributed by atoms with Crippen molar-refractivity contribution in [1.82, 2.24) is 31.1 Å². The zero-order chi connectivity index (χ0) is 42.3. The molecule has 2 aliphatic rings. The smallest absolute Gasteiger partial charge is 0.322 e. The monoisotopic (exact) mass is 812 g/mol. The molecule has 22 heteroatoms. The van der Waals surface area contributed by atoms with Gasteiger partial charge in [0.2, 0.25) is 45.8 Å². The molecule has 7 N–H and O–H groups in total. The zero-order valence-corrected chi connectivity index (χ0v) is 32.8. The fourth-order valence-corrected chi connectivity index (χ4v) is 6.22. The summed E-state index contributed by atoms with van der Waals surface area (Å²) >= 11 is 0. The van der Waals surface area contributed by atoms with Gasteiger partial charge in [0.05, 0.1) is 7.11 Å². The molecule has 0 spiro atoms. The lowest BCUT2D eigenvalue weighted by atomic mass is 10.0. The first kappa shape index (κ1) is 46.9. The molecule has 2 saturated heterocycles. The van der Waals surface area contributed by atoms with Crippen molar-refractivity contribution in [2.24, 2.45) is 18.7 Å². The van der Waals surface area contributed by atoms with E-state index in [9.17, 15) is 51.3 Å². The molecule has 1 aromatic rings. The van der Waals surface area contributed by atoms with E-state index in [0.717, 1.165) is 7.11 Å². The predicted octanol–water partition coefficient (Wildman–Crippen LogP) is -2.81. The van der Waals surface area contributed by atoms with Gasteiger partial charge in [-0.3, -0.25) is 42.5 Å². The number of carboxylic acids is 1. The van der Waals surface area contributed by atoms with Gasteiger partial charge in [0.15, 0.2) is 6.20 Å². The number of amides is 7. The first-order chi connectivity index (χ1) is 26.2. The number of aryl methyl sites for hydroxylation is 1. The molecule has 0 radical (unpaired) electrons. The Kier molecular flexibility index (Phi) is 18.2. The molecule has 3 rings (SSSR count). The fourth-order valence-electron chi connectivity index (χ4n) is 6.22. The van der Waals surface area contributed by atoms with Crippen molar-refractivity contribution in [2.75, 3.05) is 26.7 Å². The summed E-state index contributed by atoms with van der Waals surface area (Å²) in [5.74, 6) is -5.51. The van der Waals surface area contributed by atoms with Crippen LogP contribution in [0.3, 0.4) is 0 Å². The van der Waals surface area contributed by atoms with Crippen LogP contribution in [-0.4, -0.2) is 132 Å². The highest BCUT2D eigenvalue weighted by atomic mass is 32.3. The van der Waals surface area contributed by atoms with Crippen molar-refractivity contribution in [3.63, 3.8) is 0 Å². The molecule has 3 heterocycles. The third-order valence-corrected chi connectivity index (χ3v) is 9.34. The molecule has 56 heavy (non-hydrogen) atoms. The van der Waals surface area contributed by atoms with E-state index in [1.165, 1.54) is 16.7 Å². The van der Waals surface area contributed by atoms with Gasteiger partial charge in [0.1, 0.15) is 43.8 Å². The fraction of sp³-hybridized carbons (Fsp3) is 0.618. The summed E-state index contributed by atoms with van der Waals surface area (Å²) < 4.78 is 32.6. The lowest BCUT2D eigenvalue weighted by molar-refractivity contribution is -0.673. The first-order valence-corrected chi connectivity index (χ1v) is 19.3. The molecular formula is C34H52N8O13S. The highest BCUT2D eigenvalue weighted by molar-refractivity contribution is 7.80. The summed E-state index contributed by atoms with van der Waals surface area (Å²) in [6.07, 6.45) is 3.06. The second-order valence-corrected chi connectivity index (χ2v) is 14.9. The van der Waals surface area contributed by atoms with Crippen molar-refractivity contribution in [3.05, 3.63) is 30.1 Å². The van der Waals surface area contributed by atoms with Crippen molar-refractivity contribution in [1.29, 1.82) is 0 Å². The van der Waals surface area contributed by atoms with Gasteiger partial charge < -0.3 is 46.5 Å². The summed E-state index contributed by atoms with van der Waals surface area (Å²) in [5.41, 5.74) is 5.69. The standard InChI is InChI=1S/C33H48N8O9.CH4O4S/c1-19(2)17-22(33(50)41-16-7-10-24(41)29(46)35-18-27(43)44)38-28(45)21(12-13-26(34)42)37-31(48)25-11-8-15-40(25)32(49)20(3)36-30(47)23-9-5-6-14-39(23)4;1-5-6(2,3)4/h5-6,9,14,19-22,24-25H,7-8,10-13,15-18H2,1-4H3,(H6-,34,35,36,37,38,42,43,44,45,46,47,48);1H3,(H,2,3,4)/t20-,21-,22-,24-,25-;/m0./s1. The molecule has 5 atom stereocenters. The summed E-state index contributed by atoms with van der Waals surface area (Å²) in [7, 11) is -1.91. The van der Waals surface area contributed by atoms with Crippen LogP contribution in [0.2, 0.25) is 0 Å². The van der Waals surface area contributed by atoms with E-state index in [1.807, 2.05) is 13.8 Å². The number of nitrogens with one attached hydrogen (secondary N) is 4. The Labute approximate surface area is 325 Å². The number of pyridine rings is 1. The molecule has 0 aromatic carbocycles. The van der Waals surface area contributed by atoms with Crippen molar-refractivity contribution in [2.45, 2.75) is 95.9 Å². The quantitative estimate of drug-likeness (QED) is 0.0527. The normalized spacial score (nSPS) is 18.1. The van der Waals surface area contributed by atoms with Gasteiger partial charge >= 0.3 is 11.9 Å². The van der Waals surface area contributed by atoms with E-state index in [0.29, 0.717) is 31.4 Å². The maximum Gasteiger partial charge on any atom is 0.322 e. The number of likely N-dealkylation sites (tertiary alicyclic amines) is 2. The predicted molar refractivity (Wildman–Crippen MR) is 193 cm³/mol. The van der Waals surface area contributed by atoms with E-state index >= 15 is 0 Å². The van der Waals surface area contributed by atoms with E-state index in [-0.39, 0.29) is 38.3 Å².